The molecule has 9 nitrogen and oxygen atoms in total. The van der Waals surface area contributed by atoms with Gasteiger partial charge in [-0.2, -0.15) is 0 Å². The van der Waals surface area contributed by atoms with Crippen LogP contribution in [0.3, 0.4) is 0 Å². The maximum Gasteiger partial charge on any atom is 0.272 e. The zero-order valence-electron chi connectivity index (χ0n) is 21.0. The Morgan fingerprint density at radius 2 is 1.70 bits per heavy atom. The molecule has 0 radical (unpaired) electrons. The average Bonchev–Trinajstić information content (AvgIpc) is 3.06. The van der Waals surface area contributed by atoms with Gasteiger partial charge in [-0.15, -0.1) is 0 Å². The van der Waals surface area contributed by atoms with Crippen molar-refractivity contribution in [1.82, 2.24) is 30.2 Å². The van der Waals surface area contributed by atoms with Crippen LogP contribution in [0, 0.1) is 22.9 Å². The lowest BCUT2D eigenvalue weighted by atomic mass is 9.86. The number of halogens is 3. The van der Waals surface area contributed by atoms with Crippen LogP contribution in [0.1, 0.15) is 43.4 Å². The smallest absolute Gasteiger partial charge is 0.272 e. The predicted molar refractivity (Wildman–Crippen MR) is 130 cm³/mol. The molecule has 4 rings (SSSR count). The van der Waals surface area contributed by atoms with E-state index in [1.807, 2.05) is 4.90 Å². The van der Waals surface area contributed by atoms with Gasteiger partial charge in [0.2, 0.25) is 11.9 Å². The number of benzene rings is 1. The van der Waals surface area contributed by atoms with Crippen LogP contribution in [0.25, 0.3) is 11.4 Å². The molecule has 0 spiro atoms. The van der Waals surface area contributed by atoms with Gasteiger partial charge in [0, 0.05) is 38.6 Å². The molecule has 2 N–H and O–H groups in total. The van der Waals surface area contributed by atoms with Crippen LogP contribution in [0.4, 0.5) is 19.1 Å². The molecular formula is C25H28F3N7O2. The summed E-state index contributed by atoms with van der Waals surface area (Å²) in [7, 11) is 1.47. The van der Waals surface area contributed by atoms with Crippen LogP contribution in [0.5, 0.6) is 0 Å². The molecule has 0 unspecified atom stereocenters. The molecule has 2 amide bonds. The number of fused-ring (bicyclic) bond motifs is 1. The molecule has 0 fully saturated rings. The summed E-state index contributed by atoms with van der Waals surface area (Å²) in [5, 5.41) is 5.29. The molecule has 0 bridgehead atoms. The minimum Gasteiger partial charge on any atom is -0.357 e. The van der Waals surface area contributed by atoms with Crippen LogP contribution in [-0.4, -0.2) is 51.0 Å². The van der Waals surface area contributed by atoms with Gasteiger partial charge in [0.05, 0.1) is 17.8 Å². The molecule has 0 aliphatic carbocycles. The Balaban J connectivity index is 1.84. The van der Waals surface area contributed by atoms with Gasteiger partial charge in [0.15, 0.2) is 17.3 Å². The predicted octanol–water partition coefficient (Wildman–Crippen LogP) is 3.06. The third-order valence-electron chi connectivity index (χ3n) is 6.17. The fraction of sp³-hybridized carbons (Fsp3) is 0.400. The summed E-state index contributed by atoms with van der Waals surface area (Å²) in [5.74, 6) is -4.20. The van der Waals surface area contributed by atoms with Crippen molar-refractivity contribution in [2.75, 3.05) is 18.5 Å². The van der Waals surface area contributed by atoms with Gasteiger partial charge in [-0.3, -0.25) is 9.59 Å². The van der Waals surface area contributed by atoms with Crippen molar-refractivity contribution in [1.29, 1.82) is 0 Å². The van der Waals surface area contributed by atoms with E-state index >= 15 is 0 Å². The monoisotopic (exact) mass is 515 g/mol. The van der Waals surface area contributed by atoms with Crippen molar-refractivity contribution in [2.45, 2.75) is 46.3 Å². The number of nitrogens with zero attached hydrogens (tertiary/aromatic N) is 5. The van der Waals surface area contributed by atoms with E-state index in [4.69, 9.17) is 0 Å². The Hall–Kier alpha value is -3.96. The lowest BCUT2D eigenvalue weighted by Crippen LogP contribution is -2.53. The molecule has 1 aromatic carbocycles. The summed E-state index contributed by atoms with van der Waals surface area (Å²) in [5.41, 5.74) is -0.556. The highest BCUT2D eigenvalue weighted by Gasteiger charge is 2.35. The maximum atomic E-state index is 14.8. The van der Waals surface area contributed by atoms with Crippen LogP contribution in [0.15, 0.2) is 30.6 Å². The quantitative estimate of drug-likeness (QED) is 0.506. The normalized spacial score (nSPS) is 14.5. The number of amides is 2. The van der Waals surface area contributed by atoms with Crippen LogP contribution in [-0.2, 0) is 17.9 Å². The first-order valence-corrected chi connectivity index (χ1v) is 11.8. The van der Waals surface area contributed by atoms with Gasteiger partial charge in [0.1, 0.15) is 17.7 Å². The van der Waals surface area contributed by atoms with Crippen molar-refractivity contribution in [3.63, 3.8) is 0 Å². The average molecular weight is 516 g/mol. The summed E-state index contributed by atoms with van der Waals surface area (Å²) in [4.78, 5) is 40.9. The summed E-state index contributed by atoms with van der Waals surface area (Å²) in [6, 6.07) is 1.96. The van der Waals surface area contributed by atoms with Crippen molar-refractivity contribution in [2.24, 2.45) is 5.41 Å². The van der Waals surface area contributed by atoms with Gasteiger partial charge in [-0.25, -0.2) is 28.1 Å². The third kappa shape index (κ3) is 5.27. The zero-order valence-corrected chi connectivity index (χ0v) is 21.0. The lowest BCUT2D eigenvalue weighted by Gasteiger charge is -2.29. The van der Waals surface area contributed by atoms with Gasteiger partial charge >= 0.3 is 0 Å². The van der Waals surface area contributed by atoms with Gasteiger partial charge in [-0.05, 0) is 24.0 Å². The first-order valence-electron chi connectivity index (χ1n) is 11.8. The number of rotatable bonds is 5. The van der Waals surface area contributed by atoms with E-state index in [-0.39, 0.29) is 23.6 Å². The zero-order chi connectivity index (χ0) is 26.9. The number of aromatic nitrogens is 4. The number of carbonyl (C=O) groups is 2. The molecule has 2 aromatic heterocycles. The number of hydrogen-bond acceptors (Lipinski definition) is 6. The van der Waals surface area contributed by atoms with Crippen molar-refractivity contribution >= 4 is 17.8 Å². The highest BCUT2D eigenvalue weighted by Crippen LogP contribution is 2.31. The number of carbonyl (C=O) groups excluding carboxylic acids is 2. The van der Waals surface area contributed by atoms with E-state index in [1.54, 1.807) is 43.8 Å². The number of hydrogen-bond donors (Lipinski definition) is 2. The molecule has 37 heavy (non-hydrogen) atoms. The van der Waals surface area contributed by atoms with E-state index in [0.717, 1.165) is 6.07 Å². The maximum absolute atomic E-state index is 14.8. The number of likely N-dealkylation sites (N-methyl/N-ethyl adjacent to an activating group) is 1. The van der Waals surface area contributed by atoms with Crippen molar-refractivity contribution in [3.8, 4) is 11.4 Å². The Labute approximate surface area is 212 Å². The standard InChI is InChI=1S/C25H28F3N7O2/c1-25(2,3)20(23(37)29-4)33-22(36)19-18-13-34(24-30-7-5-8-31-24)9-6-10-35(18)21(32-19)14-11-16(27)17(28)12-15(14)26/h5,7-8,11-12,20H,6,9-10,13H2,1-4H3,(H,29,37)(H,33,36)/t20-/m1/s1. The summed E-state index contributed by atoms with van der Waals surface area (Å²) >= 11 is 0. The molecule has 0 saturated heterocycles. The van der Waals surface area contributed by atoms with E-state index in [2.05, 4.69) is 25.6 Å². The second-order valence-electron chi connectivity index (χ2n) is 9.84. The number of anilines is 1. The molecule has 196 valence electrons. The number of nitrogens with one attached hydrogen (secondary N) is 2. The molecule has 1 atom stereocenters. The fourth-order valence-corrected chi connectivity index (χ4v) is 4.29. The molecule has 1 aliphatic rings. The summed E-state index contributed by atoms with van der Waals surface area (Å²) in [6.45, 7) is 6.40. The molecule has 3 heterocycles. The van der Waals surface area contributed by atoms with E-state index in [0.29, 0.717) is 37.2 Å². The Morgan fingerprint density at radius 1 is 1.03 bits per heavy atom. The highest BCUT2D eigenvalue weighted by molar-refractivity contribution is 5.98. The third-order valence-corrected chi connectivity index (χ3v) is 6.17. The number of imidazole rings is 1. The lowest BCUT2D eigenvalue weighted by molar-refractivity contribution is -0.124. The van der Waals surface area contributed by atoms with E-state index in [9.17, 15) is 22.8 Å². The molecule has 1 aliphatic heterocycles. The SMILES string of the molecule is CNC(=O)[C@@H](NC(=O)c1nc(-c2cc(F)c(F)cc2F)n2c1CN(c1ncccn1)CCC2)C(C)(C)C. The van der Waals surface area contributed by atoms with Crippen LogP contribution in [0.2, 0.25) is 0 Å². The van der Waals surface area contributed by atoms with E-state index in [1.165, 1.54) is 7.05 Å². The summed E-state index contributed by atoms with van der Waals surface area (Å²) in [6.07, 6.45) is 3.75. The van der Waals surface area contributed by atoms with Crippen molar-refractivity contribution < 1.29 is 22.8 Å². The van der Waals surface area contributed by atoms with Crippen LogP contribution < -0.4 is 15.5 Å². The first-order chi connectivity index (χ1) is 17.5. The van der Waals surface area contributed by atoms with Gasteiger partial charge in [0.25, 0.3) is 5.91 Å². The van der Waals surface area contributed by atoms with E-state index < -0.39 is 40.7 Å². The minimum atomic E-state index is -1.33. The molecule has 12 heteroatoms. The Bertz CT molecular complexity index is 1320. The topological polar surface area (TPSA) is 105 Å². The fourth-order valence-electron chi connectivity index (χ4n) is 4.29. The van der Waals surface area contributed by atoms with Crippen molar-refractivity contribution in [3.05, 3.63) is 59.4 Å². The Kier molecular flexibility index (Phi) is 7.19. The molecule has 0 saturated carbocycles. The second-order valence-corrected chi connectivity index (χ2v) is 9.84. The molecule has 3 aromatic rings. The largest absolute Gasteiger partial charge is 0.357 e. The van der Waals surface area contributed by atoms with Crippen LogP contribution >= 0.6 is 0 Å². The highest BCUT2D eigenvalue weighted by atomic mass is 19.2. The Morgan fingerprint density at radius 3 is 2.35 bits per heavy atom. The van der Waals surface area contributed by atoms with Gasteiger partial charge in [-0.1, -0.05) is 20.8 Å². The summed E-state index contributed by atoms with van der Waals surface area (Å²) < 4.78 is 44.2. The first kappa shape index (κ1) is 26.1. The van der Waals surface area contributed by atoms with Gasteiger partial charge < -0.3 is 20.1 Å². The second kappa shape index (κ2) is 10.2. The molecular weight excluding hydrogens is 487 g/mol. The minimum absolute atomic E-state index is 0.0142.